The van der Waals surface area contributed by atoms with Gasteiger partial charge in [0.15, 0.2) is 0 Å². The number of rotatable bonds is 2. The molecule has 4 heteroatoms. The standard InChI is InChI=1S/C9H17NO2S/c1-13(11,12)10-7-3-6-9(10)8-4-2-5-8/h8-9H,2-7H2,1H3. The van der Waals surface area contributed by atoms with Crippen LogP contribution in [0.1, 0.15) is 32.1 Å². The lowest BCUT2D eigenvalue weighted by Crippen LogP contribution is -2.41. The molecule has 0 aromatic carbocycles. The zero-order valence-electron chi connectivity index (χ0n) is 8.07. The maximum Gasteiger partial charge on any atom is 0.211 e. The second-order valence-electron chi connectivity index (χ2n) is 4.27. The van der Waals surface area contributed by atoms with Gasteiger partial charge in [-0.2, -0.15) is 4.31 Å². The summed E-state index contributed by atoms with van der Waals surface area (Å²) in [7, 11) is -2.94. The Morgan fingerprint density at radius 3 is 2.31 bits per heavy atom. The van der Waals surface area contributed by atoms with Gasteiger partial charge in [0.2, 0.25) is 10.0 Å². The Morgan fingerprint density at radius 2 is 1.85 bits per heavy atom. The van der Waals surface area contributed by atoms with E-state index in [9.17, 15) is 8.42 Å². The normalized spacial score (nSPS) is 31.9. The monoisotopic (exact) mass is 203 g/mol. The van der Waals surface area contributed by atoms with Gasteiger partial charge in [-0.25, -0.2) is 8.42 Å². The van der Waals surface area contributed by atoms with E-state index in [4.69, 9.17) is 0 Å². The largest absolute Gasteiger partial charge is 0.212 e. The minimum Gasteiger partial charge on any atom is -0.212 e. The van der Waals surface area contributed by atoms with Crippen LogP contribution in [0.4, 0.5) is 0 Å². The van der Waals surface area contributed by atoms with Crippen molar-refractivity contribution in [1.29, 1.82) is 0 Å². The highest BCUT2D eigenvalue weighted by atomic mass is 32.2. The fourth-order valence-electron chi connectivity index (χ4n) is 2.47. The molecule has 13 heavy (non-hydrogen) atoms. The topological polar surface area (TPSA) is 37.4 Å². The Morgan fingerprint density at radius 1 is 1.15 bits per heavy atom. The molecule has 0 spiro atoms. The van der Waals surface area contributed by atoms with Gasteiger partial charge in [0.1, 0.15) is 0 Å². The van der Waals surface area contributed by atoms with Gasteiger partial charge in [0.05, 0.1) is 6.26 Å². The molecule has 0 aromatic rings. The van der Waals surface area contributed by atoms with Crippen LogP contribution < -0.4 is 0 Å². The molecule has 1 atom stereocenters. The van der Waals surface area contributed by atoms with Gasteiger partial charge in [-0.1, -0.05) is 6.42 Å². The molecule has 3 nitrogen and oxygen atoms in total. The second kappa shape index (κ2) is 3.24. The van der Waals surface area contributed by atoms with Crippen LogP contribution in [0, 0.1) is 5.92 Å². The van der Waals surface area contributed by atoms with Crippen molar-refractivity contribution in [1.82, 2.24) is 4.31 Å². The molecule has 0 bridgehead atoms. The molecule has 1 aliphatic carbocycles. The number of sulfonamides is 1. The number of hydrogen-bond donors (Lipinski definition) is 0. The lowest BCUT2D eigenvalue weighted by molar-refractivity contribution is 0.192. The van der Waals surface area contributed by atoms with E-state index in [2.05, 4.69) is 0 Å². The summed E-state index contributed by atoms with van der Waals surface area (Å²) < 4.78 is 24.5. The summed E-state index contributed by atoms with van der Waals surface area (Å²) in [4.78, 5) is 0. The van der Waals surface area contributed by atoms with Gasteiger partial charge in [-0.15, -0.1) is 0 Å². The van der Waals surface area contributed by atoms with E-state index in [-0.39, 0.29) is 0 Å². The van der Waals surface area contributed by atoms with Crippen molar-refractivity contribution in [3.8, 4) is 0 Å². The van der Waals surface area contributed by atoms with E-state index in [1.807, 2.05) is 0 Å². The molecule has 76 valence electrons. The summed E-state index contributed by atoms with van der Waals surface area (Å²) in [5, 5.41) is 0. The van der Waals surface area contributed by atoms with Crippen LogP contribution in [-0.2, 0) is 10.0 Å². The van der Waals surface area contributed by atoms with E-state index in [1.165, 1.54) is 25.5 Å². The van der Waals surface area contributed by atoms with E-state index in [1.54, 1.807) is 4.31 Å². The third-order valence-electron chi connectivity index (χ3n) is 3.37. The molecule has 1 heterocycles. The van der Waals surface area contributed by atoms with Crippen molar-refractivity contribution in [2.45, 2.75) is 38.1 Å². The first-order chi connectivity index (χ1) is 6.09. The SMILES string of the molecule is CS(=O)(=O)N1CCCC1C1CCC1. The van der Waals surface area contributed by atoms with Crippen LogP contribution in [0.5, 0.6) is 0 Å². The van der Waals surface area contributed by atoms with Crippen LogP contribution in [0.3, 0.4) is 0 Å². The minimum atomic E-state index is -2.94. The van der Waals surface area contributed by atoms with Gasteiger partial charge in [0.25, 0.3) is 0 Å². The molecule has 0 radical (unpaired) electrons. The summed E-state index contributed by atoms with van der Waals surface area (Å²) in [5.74, 6) is 0.664. The first-order valence-electron chi connectivity index (χ1n) is 5.06. The Hall–Kier alpha value is -0.0900. The molecule has 0 amide bonds. The molecule has 1 unspecified atom stereocenters. The molecule has 1 aliphatic heterocycles. The number of hydrogen-bond acceptors (Lipinski definition) is 2. The molecule has 2 rings (SSSR count). The quantitative estimate of drug-likeness (QED) is 0.676. The van der Waals surface area contributed by atoms with Gasteiger partial charge in [0, 0.05) is 12.6 Å². The average Bonchev–Trinajstić information content (AvgIpc) is 2.29. The van der Waals surface area contributed by atoms with E-state index >= 15 is 0 Å². The molecule has 0 N–H and O–H groups in total. The van der Waals surface area contributed by atoms with Crippen molar-refractivity contribution in [2.75, 3.05) is 12.8 Å². The van der Waals surface area contributed by atoms with Gasteiger partial charge < -0.3 is 0 Å². The highest BCUT2D eigenvalue weighted by Crippen LogP contribution is 2.37. The maximum atomic E-state index is 11.4. The maximum absolute atomic E-state index is 11.4. The first kappa shape index (κ1) is 9.46. The second-order valence-corrected chi connectivity index (χ2v) is 6.21. The predicted octanol–water partition coefficient (Wildman–Crippen LogP) is 1.21. The van der Waals surface area contributed by atoms with Crippen LogP contribution in [0.15, 0.2) is 0 Å². The summed E-state index contributed by atoms with van der Waals surface area (Å²) in [6.45, 7) is 0.750. The van der Waals surface area contributed by atoms with Crippen LogP contribution >= 0.6 is 0 Å². The minimum absolute atomic E-state index is 0.337. The highest BCUT2D eigenvalue weighted by molar-refractivity contribution is 7.88. The zero-order valence-corrected chi connectivity index (χ0v) is 8.89. The molecule has 1 saturated heterocycles. The smallest absolute Gasteiger partial charge is 0.211 e. The average molecular weight is 203 g/mol. The van der Waals surface area contributed by atoms with E-state index in [0.717, 1.165) is 19.4 Å². The van der Waals surface area contributed by atoms with Crippen LogP contribution in [0.25, 0.3) is 0 Å². The Labute approximate surface area is 80.2 Å². The van der Waals surface area contributed by atoms with Crippen molar-refractivity contribution in [2.24, 2.45) is 5.92 Å². The molecule has 2 fully saturated rings. The summed E-state index contributed by atoms with van der Waals surface area (Å²) in [6, 6.07) is 0.337. The Kier molecular flexibility index (Phi) is 2.36. The Bertz CT molecular complexity index is 282. The van der Waals surface area contributed by atoms with Crippen molar-refractivity contribution >= 4 is 10.0 Å². The molecule has 1 saturated carbocycles. The number of nitrogens with zero attached hydrogens (tertiary/aromatic N) is 1. The van der Waals surface area contributed by atoms with Gasteiger partial charge in [-0.3, -0.25) is 0 Å². The zero-order chi connectivity index (χ0) is 9.47. The van der Waals surface area contributed by atoms with Gasteiger partial charge >= 0.3 is 0 Å². The fraction of sp³-hybridized carbons (Fsp3) is 1.00. The lowest BCUT2D eigenvalue weighted by Gasteiger charge is -2.35. The summed E-state index contributed by atoms with van der Waals surface area (Å²) in [6.07, 6.45) is 7.22. The van der Waals surface area contributed by atoms with Crippen molar-refractivity contribution in [3.63, 3.8) is 0 Å². The fourth-order valence-corrected chi connectivity index (χ4v) is 3.70. The summed E-state index contributed by atoms with van der Waals surface area (Å²) in [5.41, 5.74) is 0. The highest BCUT2D eigenvalue weighted by Gasteiger charge is 2.38. The van der Waals surface area contributed by atoms with E-state index < -0.39 is 10.0 Å². The molecule has 2 aliphatic rings. The molecular formula is C9H17NO2S. The van der Waals surface area contributed by atoms with Crippen molar-refractivity contribution < 1.29 is 8.42 Å². The third kappa shape index (κ3) is 1.74. The van der Waals surface area contributed by atoms with Crippen LogP contribution in [-0.4, -0.2) is 31.6 Å². The lowest BCUT2D eigenvalue weighted by atomic mass is 9.79. The predicted molar refractivity (Wildman–Crippen MR) is 51.9 cm³/mol. The van der Waals surface area contributed by atoms with E-state index in [0.29, 0.717) is 12.0 Å². The molecular weight excluding hydrogens is 186 g/mol. The molecule has 0 aromatic heterocycles. The van der Waals surface area contributed by atoms with Crippen LogP contribution in [0.2, 0.25) is 0 Å². The van der Waals surface area contributed by atoms with Gasteiger partial charge in [-0.05, 0) is 31.6 Å². The van der Waals surface area contributed by atoms with Crippen molar-refractivity contribution in [3.05, 3.63) is 0 Å². The summed E-state index contributed by atoms with van der Waals surface area (Å²) >= 11 is 0. The third-order valence-corrected chi connectivity index (χ3v) is 4.67. The first-order valence-corrected chi connectivity index (χ1v) is 6.90. The Balaban J connectivity index is 2.09.